The molecule has 50 heavy (non-hydrogen) atoms. The van der Waals surface area contributed by atoms with Crippen LogP contribution in [0.2, 0.25) is 0 Å². The van der Waals surface area contributed by atoms with Crippen LogP contribution in [0.5, 0.6) is 0 Å². The average Bonchev–Trinajstić information content (AvgIpc) is 3.25. The lowest BCUT2D eigenvalue weighted by molar-refractivity contribution is -0.160. The van der Waals surface area contributed by atoms with Gasteiger partial charge in [-0.3, -0.25) is 19.2 Å². The van der Waals surface area contributed by atoms with Crippen LogP contribution in [-0.4, -0.2) is 81.1 Å². The van der Waals surface area contributed by atoms with E-state index in [1.54, 1.807) is 62.3 Å². The number of nitrogens with zero attached hydrogens (tertiary/aromatic N) is 1. The van der Waals surface area contributed by atoms with E-state index in [1.165, 1.54) is 30.6 Å². The van der Waals surface area contributed by atoms with Gasteiger partial charge in [0.15, 0.2) is 0 Å². The Bertz CT molecular complexity index is 1300. The number of hydrogen-bond donors (Lipinski definition) is 4. The third kappa shape index (κ3) is 10.7. The monoisotopic (exact) mass is 743 g/mol. The molecule has 3 aliphatic rings. The highest BCUT2D eigenvalue weighted by molar-refractivity contribution is 6.51. The molecule has 6 atom stereocenters. The van der Waals surface area contributed by atoms with Crippen LogP contribution in [0, 0.1) is 28.6 Å². The molecular formula is C36H59Cl2N5O7. The lowest BCUT2D eigenvalue weighted by Gasteiger charge is -2.38. The van der Waals surface area contributed by atoms with E-state index in [2.05, 4.69) is 16.0 Å². The predicted octanol–water partition coefficient (Wildman–Crippen LogP) is 4.77. The normalized spacial score (nSPS) is 23.4. The number of ketones is 1. The van der Waals surface area contributed by atoms with Gasteiger partial charge in [0.2, 0.25) is 17.6 Å². The number of urea groups is 1. The molecule has 1 heterocycles. The number of alkyl halides is 2. The number of nitrogens with one attached hydrogen (secondary N) is 3. The highest BCUT2D eigenvalue weighted by atomic mass is 35.5. The molecule has 5 N–H and O–H groups in total. The Morgan fingerprint density at radius 1 is 0.840 bits per heavy atom. The van der Waals surface area contributed by atoms with Crippen LogP contribution in [0.25, 0.3) is 0 Å². The van der Waals surface area contributed by atoms with Gasteiger partial charge in [-0.25, -0.2) is 9.59 Å². The van der Waals surface area contributed by atoms with Crippen molar-refractivity contribution in [3.63, 3.8) is 0 Å². The number of rotatable bonds is 15. The molecule has 14 heteroatoms. The summed E-state index contributed by atoms with van der Waals surface area (Å²) in [6, 6.07) is -5.26. The van der Waals surface area contributed by atoms with Gasteiger partial charge in [-0.15, -0.1) is 23.2 Å². The second-order valence-corrected chi connectivity index (χ2v) is 19.0. The van der Waals surface area contributed by atoms with E-state index in [4.69, 9.17) is 33.7 Å². The van der Waals surface area contributed by atoms with Crippen molar-refractivity contribution in [2.24, 2.45) is 34.3 Å². The predicted molar refractivity (Wildman–Crippen MR) is 192 cm³/mol. The molecule has 0 bridgehead atoms. The maximum absolute atomic E-state index is 14.3. The summed E-state index contributed by atoms with van der Waals surface area (Å²) in [5.74, 6) is -4.15. The molecule has 3 rings (SSSR count). The molecule has 1 aliphatic heterocycles. The van der Waals surface area contributed by atoms with Gasteiger partial charge in [0.25, 0.3) is 5.91 Å². The minimum atomic E-state index is -1.27. The van der Waals surface area contributed by atoms with Crippen molar-refractivity contribution < 1.29 is 33.5 Å². The number of unbranched alkanes of at least 4 members (excludes halogenated alkanes) is 3. The first kappa shape index (κ1) is 41.8. The molecule has 0 spiro atoms. The Kier molecular flexibility index (Phi) is 13.4. The molecule has 284 valence electrons. The SMILES string of the molecule is CC(C)(C)OC(=O)[C@@H](NC(=O)N[C@H](C(=O)N1C[C@H]2[C@@H]([C@H]1C(=O)NC(CCCCCCC1CCC1)C(=O)C(N)=O)C2(Cl)Cl)C(C)(C)C)C(C)(C)C. The van der Waals surface area contributed by atoms with Crippen LogP contribution >= 0.6 is 23.2 Å². The summed E-state index contributed by atoms with van der Waals surface area (Å²) >= 11 is 13.1. The minimum Gasteiger partial charge on any atom is -0.458 e. The van der Waals surface area contributed by atoms with Crippen molar-refractivity contribution in [2.75, 3.05) is 6.54 Å². The van der Waals surface area contributed by atoms with E-state index in [9.17, 15) is 28.8 Å². The summed E-state index contributed by atoms with van der Waals surface area (Å²) in [5, 5.41) is 8.11. The van der Waals surface area contributed by atoms with Gasteiger partial charge in [0.1, 0.15) is 28.1 Å². The molecule has 2 saturated carbocycles. The molecule has 2 aliphatic carbocycles. The molecule has 1 unspecified atom stereocenters. The number of Topliss-reactive ketones (excluding diaryl/α,β-unsaturated/α-hetero) is 1. The number of carbonyl (C=O) groups excluding carboxylic acids is 6. The molecule has 0 aromatic rings. The first-order valence-electron chi connectivity index (χ1n) is 18.0. The fourth-order valence-electron chi connectivity index (χ4n) is 6.86. The second kappa shape index (κ2) is 16.0. The average molecular weight is 745 g/mol. The number of fused-ring (bicyclic) bond motifs is 1. The zero-order valence-corrected chi connectivity index (χ0v) is 32.8. The molecule has 1 saturated heterocycles. The summed E-state index contributed by atoms with van der Waals surface area (Å²) in [4.78, 5) is 80.8. The summed E-state index contributed by atoms with van der Waals surface area (Å²) in [5.41, 5.74) is 3.00. The van der Waals surface area contributed by atoms with E-state index in [-0.39, 0.29) is 13.0 Å². The van der Waals surface area contributed by atoms with Crippen molar-refractivity contribution >= 4 is 58.7 Å². The molecule has 3 fully saturated rings. The number of esters is 1. The zero-order valence-electron chi connectivity index (χ0n) is 31.3. The Morgan fingerprint density at radius 2 is 1.40 bits per heavy atom. The summed E-state index contributed by atoms with van der Waals surface area (Å²) in [6.07, 6.45) is 8.83. The first-order valence-corrected chi connectivity index (χ1v) is 18.7. The van der Waals surface area contributed by atoms with E-state index in [0.29, 0.717) is 6.42 Å². The summed E-state index contributed by atoms with van der Waals surface area (Å²) < 4.78 is 4.28. The number of halogens is 2. The largest absolute Gasteiger partial charge is 0.458 e. The Balaban J connectivity index is 1.75. The summed E-state index contributed by atoms with van der Waals surface area (Å²) in [6.45, 7) is 15.9. The Labute approximate surface area is 307 Å². The molecular weight excluding hydrogens is 685 g/mol. The topological polar surface area (TPSA) is 177 Å². The van der Waals surface area contributed by atoms with Crippen molar-refractivity contribution in [1.29, 1.82) is 0 Å². The van der Waals surface area contributed by atoms with Crippen LogP contribution in [-0.2, 0) is 28.7 Å². The van der Waals surface area contributed by atoms with Crippen molar-refractivity contribution in [3.8, 4) is 0 Å². The lowest BCUT2D eigenvalue weighted by atomic mass is 9.81. The second-order valence-electron chi connectivity index (χ2n) is 17.6. The third-order valence-electron chi connectivity index (χ3n) is 10.0. The quantitative estimate of drug-likeness (QED) is 0.0808. The van der Waals surface area contributed by atoms with E-state index < -0.39 is 92.3 Å². The van der Waals surface area contributed by atoms with E-state index in [0.717, 1.165) is 25.2 Å². The molecule has 0 aromatic carbocycles. The number of amides is 5. The van der Waals surface area contributed by atoms with Crippen molar-refractivity contribution in [3.05, 3.63) is 0 Å². The van der Waals surface area contributed by atoms with Gasteiger partial charge in [-0.2, -0.15) is 0 Å². The molecule has 5 amide bonds. The maximum Gasteiger partial charge on any atom is 0.329 e. The first-order chi connectivity index (χ1) is 22.9. The third-order valence-corrected chi connectivity index (χ3v) is 11.1. The smallest absolute Gasteiger partial charge is 0.329 e. The highest BCUT2D eigenvalue weighted by Crippen LogP contribution is 2.65. The number of ether oxygens (including phenoxy) is 1. The zero-order chi connectivity index (χ0) is 38.0. The Hall–Kier alpha value is -2.60. The minimum absolute atomic E-state index is 0.0441. The highest BCUT2D eigenvalue weighted by Gasteiger charge is 2.74. The van der Waals surface area contributed by atoms with Crippen LogP contribution in [0.15, 0.2) is 0 Å². The van der Waals surface area contributed by atoms with Crippen LogP contribution in [0.3, 0.4) is 0 Å². The number of likely N-dealkylation sites (tertiary alicyclic amines) is 1. The van der Waals surface area contributed by atoms with E-state index >= 15 is 0 Å². The lowest BCUT2D eigenvalue weighted by Crippen LogP contribution is -2.63. The fourth-order valence-corrected chi connectivity index (χ4v) is 7.68. The van der Waals surface area contributed by atoms with Gasteiger partial charge in [0, 0.05) is 18.4 Å². The number of carbonyl (C=O) groups is 6. The molecule has 0 radical (unpaired) electrons. The van der Waals surface area contributed by atoms with Gasteiger partial charge in [-0.05, 0) is 43.9 Å². The Morgan fingerprint density at radius 3 is 1.90 bits per heavy atom. The number of nitrogens with two attached hydrogens (primary N) is 1. The van der Waals surface area contributed by atoms with Crippen molar-refractivity contribution in [1.82, 2.24) is 20.9 Å². The number of piperidine rings is 1. The summed E-state index contributed by atoms with van der Waals surface area (Å²) in [7, 11) is 0. The van der Waals surface area contributed by atoms with Crippen LogP contribution in [0.4, 0.5) is 4.79 Å². The van der Waals surface area contributed by atoms with Crippen LogP contribution < -0.4 is 21.7 Å². The van der Waals surface area contributed by atoms with Crippen molar-refractivity contribution in [2.45, 2.75) is 154 Å². The van der Waals surface area contributed by atoms with E-state index in [1.807, 2.05) is 0 Å². The molecule has 12 nitrogen and oxygen atoms in total. The van der Waals surface area contributed by atoms with Gasteiger partial charge in [0.05, 0.1) is 6.04 Å². The van der Waals surface area contributed by atoms with Crippen LogP contribution in [0.1, 0.15) is 120 Å². The maximum atomic E-state index is 14.3. The number of primary amides is 1. The number of hydrogen-bond acceptors (Lipinski definition) is 7. The molecule has 0 aromatic heterocycles. The van der Waals surface area contributed by atoms with Gasteiger partial charge < -0.3 is 31.3 Å². The standard InChI is InChI=1S/C36H59Cl2N5O7/c1-33(2,3)26(41-32(49)42-27(34(4,5)6)31(48)50-35(7,8)9)30(47)43-19-21-23(36(21,37)38)24(43)29(46)40-22(25(44)28(39)45)18-13-11-10-12-15-20-16-14-17-20/h20-24,26-27H,10-19H2,1-9H3,(H2,39,45)(H,40,46)(H2,41,42,49)/t21-,22?,23-,24-,26+,27+/m0/s1. The fraction of sp³-hybridized carbons (Fsp3) is 0.833. The van der Waals surface area contributed by atoms with Gasteiger partial charge >= 0.3 is 12.0 Å². The van der Waals surface area contributed by atoms with Gasteiger partial charge in [-0.1, -0.05) is 92.9 Å².